The third kappa shape index (κ3) is 2.85. The quantitative estimate of drug-likeness (QED) is 0.747. The molecule has 0 saturated carbocycles. The number of aromatic nitrogens is 2. The fourth-order valence-electron chi connectivity index (χ4n) is 4.22. The molecule has 0 atom stereocenters. The van der Waals surface area contributed by atoms with Crippen LogP contribution in [0.5, 0.6) is 0 Å². The molecular formula is C22H21FN4O. The maximum atomic E-state index is 13.1. The standard InChI is InChI=1S/C22H21FN4O/c23-16-6-8-17(9-7-16)26-11-13-27(14-12-26)22(28)21-19-10-5-15-3-1-2-4-18(15)20(19)24-25-21/h1-4,6-9H,5,10-14H2,(H,24,25). The number of hydrogen-bond acceptors (Lipinski definition) is 3. The van der Waals surface area contributed by atoms with Gasteiger partial charge in [0.1, 0.15) is 11.5 Å². The van der Waals surface area contributed by atoms with Crippen molar-refractivity contribution >= 4 is 11.6 Å². The summed E-state index contributed by atoms with van der Waals surface area (Å²) in [6.07, 6.45) is 1.76. The van der Waals surface area contributed by atoms with Crippen molar-refractivity contribution in [3.63, 3.8) is 0 Å². The van der Waals surface area contributed by atoms with Crippen molar-refractivity contribution in [2.75, 3.05) is 31.1 Å². The smallest absolute Gasteiger partial charge is 0.272 e. The first-order valence-corrected chi connectivity index (χ1v) is 9.66. The van der Waals surface area contributed by atoms with Gasteiger partial charge < -0.3 is 9.80 Å². The second-order valence-electron chi connectivity index (χ2n) is 7.34. The SMILES string of the molecule is O=C(c1[nH]nc2c1CCc1ccccc1-2)N1CCN(c2ccc(F)cc2)CC1. The van der Waals surface area contributed by atoms with Gasteiger partial charge in [-0.05, 0) is 42.7 Å². The topological polar surface area (TPSA) is 52.2 Å². The van der Waals surface area contributed by atoms with Crippen LogP contribution >= 0.6 is 0 Å². The molecule has 0 spiro atoms. The van der Waals surface area contributed by atoms with Gasteiger partial charge in [-0.15, -0.1) is 0 Å². The Kier molecular flexibility index (Phi) is 4.11. The summed E-state index contributed by atoms with van der Waals surface area (Å²) in [5.41, 5.74) is 5.97. The maximum absolute atomic E-state index is 13.1. The summed E-state index contributed by atoms with van der Waals surface area (Å²) in [6.45, 7) is 2.74. The number of benzene rings is 2. The predicted molar refractivity (Wildman–Crippen MR) is 106 cm³/mol. The van der Waals surface area contributed by atoms with Gasteiger partial charge in [0.25, 0.3) is 5.91 Å². The lowest BCUT2D eigenvalue weighted by Gasteiger charge is -2.36. The van der Waals surface area contributed by atoms with Crippen molar-refractivity contribution in [1.82, 2.24) is 15.1 Å². The molecule has 1 aliphatic carbocycles. The van der Waals surface area contributed by atoms with Gasteiger partial charge >= 0.3 is 0 Å². The monoisotopic (exact) mass is 376 g/mol. The molecule has 1 aromatic heterocycles. The number of H-pyrrole nitrogens is 1. The molecule has 3 aromatic rings. The van der Waals surface area contributed by atoms with E-state index in [-0.39, 0.29) is 11.7 Å². The van der Waals surface area contributed by atoms with E-state index < -0.39 is 0 Å². The zero-order valence-corrected chi connectivity index (χ0v) is 15.5. The van der Waals surface area contributed by atoms with Crippen LogP contribution < -0.4 is 4.90 Å². The van der Waals surface area contributed by atoms with E-state index in [1.807, 2.05) is 17.0 Å². The largest absolute Gasteiger partial charge is 0.368 e. The predicted octanol–water partition coefficient (Wildman–Crippen LogP) is 3.28. The number of rotatable bonds is 2. The highest BCUT2D eigenvalue weighted by atomic mass is 19.1. The van der Waals surface area contributed by atoms with Gasteiger partial charge in [0.15, 0.2) is 0 Å². The first-order valence-electron chi connectivity index (χ1n) is 9.66. The molecule has 0 unspecified atom stereocenters. The third-order valence-corrected chi connectivity index (χ3v) is 5.76. The number of anilines is 1. The number of halogens is 1. The molecule has 1 saturated heterocycles. The van der Waals surface area contributed by atoms with Gasteiger partial charge in [-0.3, -0.25) is 9.89 Å². The Morgan fingerprint density at radius 1 is 0.964 bits per heavy atom. The minimum atomic E-state index is -0.233. The molecule has 2 aromatic carbocycles. The van der Waals surface area contributed by atoms with Gasteiger partial charge in [0, 0.05) is 43.0 Å². The second kappa shape index (κ2) is 6.78. The molecule has 5 rings (SSSR count). The zero-order valence-electron chi connectivity index (χ0n) is 15.5. The summed E-state index contributed by atoms with van der Waals surface area (Å²) in [4.78, 5) is 17.2. The molecule has 5 nitrogen and oxygen atoms in total. The van der Waals surface area contributed by atoms with Crippen LogP contribution in [0.25, 0.3) is 11.3 Å². The average Bonchev–Trinajstić information content (AvgIpc) is 3.18. The van der Waals surface area contributed by atoms with Crippen molar-refractivity contribution in [2.24, 2.45) is 0 Å². The van der Waals surface area contributed by atoms with Crippen LogP contribution in [0.4, 0.5) is 10.1 Å². The van der Waals surface area contributed by atoms with E-state index in [4.69, 9.17) is 0 Å². The summed E-state index contributed by atoms with van der Waals surface area (Å²) in [6, 6.07) is 14.8. The highest BCUT2D eigenvalue weighted by Gasteiger charge is 2.29. The summed E-state index contributed by atoms with van der Waals surface area (Å²) in [5, 5.41) is 7.47. The van der Waals surface area contributed by atoms with Crippen LogP contribution in [0.15, 0.2) is 48.5 Å². The number of hydrogen-bond donors (Lipinski definition) is 1. The Bertz CT molecular complexity index is 1020. The lowest BCUT2D eigenvalue weighted by molar-refractivity contribution is 0.0739. The zero-order chi connectivity index (χ0) is 19.1. The number of nitrogens with zero attached hydrogens (tertiary/aromatic N) is 3. The second-order valence-corrected chi connectivity index (χ2v) is 7.34. The normalized spacial score (nSPS) is 15.9. The van der Waals surface area contributed by atoms with Gasteiger partial charge in [-0.1, -0.05) is 24.3 Å². The Morgan fingerprint density at radius 3 is 2.50 bits per heavy atom. The number of aryl methyl sites for hydroxylation is 1. The molecule has 0 radical (unpaired) electrons. The summed E-state index contributed by atoms with van der Waals surface area (Å²) in [5.74, 6) is -0.213. The van der Waals surface area contributed by atoms with E-state index in [2.05, 4.69) is 27.2 Å². The Morgan fingerprint density at radius 2 is 1.71 bits per heavy atom. The molecule has 0 bridgehead atoms. The molecule has 28 heavy (non-hydrogen) atoms. The fraction of sp³-hybridized carbons (Fsp3) is 0.273. The van der Waals surface area contributed by atoms with E-state index in [1.54, 1.807) is 12.1 Å². The third-order valence-electron chi connectivity index (χ3n) is 5.76. The molecule has 1 aliphatic heterocycles. The van der Waals surface area contributed by atoms with Crippen molar-refractivity contribution in [3.8, 4) is 11.3 Å². The number of piperazine rings is 1. The lowest BCUT2D eigenvalue weighted by atomic mass is 9.89. The van der Waals surface area contributed by atoms with Crippen molar-refractivity contribution < 1.29 is 9.18 Å². The van der Waals surface area contributed by atoms with Crippen molar-refractivity contribution in [3.05, 3.63) is 71.2 Å². The minimum absolute atomic E-state index is 0.0203. The number of fused-ring (bicyclic) bond motifs is 3. The molecule has 6 heteroatoms. The lowest BCUT2D eigenvalue weighted by Crippen LogP contribution is -2.49. The van der Waals surface area contributed by atoms with E-state index in [1.165, 1.54) is 17.7 Å². The number of amides is 1. The molecular weight excluding hydrogens is 355 g/mol. The molecule has 1 amide bonds. The van der Waals surface area contributed by atoms with Crippen LogP contribution in [-0.2, 0) is 12.8 Å². The van der Waals surface area contributed by atoms with E-state index in [0.29, 0.717) is 18.8 Å². The number of nitrogens with one attached hydrogen (secondary N) is 1. The molecule has 1 fully saturated rings. The van der Waals surface area contributed by atoms with E-state index in [0.717, 1.165) is 48.4 Å². The molecule has 2 heterocycles. The maximum Gasteiger partial charge on any atom is 0.272 e. The van der Waals surface area contributed by atoms with Gasteiger partial charge in [0.2, 0.25) is 0 Å². The number of carbonyl (C=O) groups is 1. The van der Waals surface area contributed by atoms with Crippen LogP contribution in [0.2, 0.25) is 0 Å². The highest BCUT2D eigenvalue weighted by molar-refractivity contribution is 5.96. The Balaban J connectivity index is 1.32. The first-order chi connectivity index (χ1) is 13.7. The fourth-order valence-corrected chi connectivity index (χ4v) is 4.22. The van der Waals surface area contributed by atoms with Crippen molar-refractivity contribution in [1.29, 1.82) is 0 Å². The van der Waals surface area contributed by atoms with E-state index >= 15 is 0 Å². The summed E-state index contributed by atoms with van der Waals surface area (Å²) < 4.78 is 13.1. The molecule has 142 valence electrons. The van der Waals surface area contributed by atoms with Crippen LogP contribution in [0.1, 0.15) is 21.6 Å². The Labute approximate surface area is 162 Å². The average molecular weight is 376 g/mol. The summed E-state index contributed by atoms with van der Waals surface area (Å²) >= 11 is 0. The number of aromatic amines is 1. The van der Waals surface area contributed by atoms with Crippen LogP contribution in [0.3, 0.4) is 0 Å². The highest BCUT2D eigenvalue weighted by Crippen LogP contribution is 2.33. The minimum Gasteiger partial charge on any atom is -0.368 e. The summed E-state index contributed by atoms with van der Waals surface area (Å²) in [7, 11) is 0. The Hall–Kier alpha value is -3.15. The van der Waals surface area contributed by atoms with E-state index in [9.17, 15) is 9.18 Å². The van der Waals surface area contributed by atoms with Crippen LogP contribution in [-0.4, -0.2) is 47.2 Å². The van der Waals surface area contributed by atoms with Gasteiger partial charge in [-0.2, -0.15) is 5.10 Å². The number of carbonyl (C=O) groups excluding carboxylic acids is 1. The van der Waals surface area contributed by atoms with Crippen molar-refractivity contribution in [2.45, 2.75) is 12.8 Å². The van der Waals surface area contributed by atoms with Crippen LogP contribution in [0, 0.1) is 5.82 Å². The van der Waals surface area contributed by atoms with Gasteiger partial charge in [-0.25, -0.2) is 4.39 Å². The van der Waals surface area contributed by atoms with Gasteiger partial charge in [0.05, 0.1) is 5.69 Å². The first kappa shape index (κ1) is 17.0. The molecule has 2 aliphatic rings. The molecule has 1 N–H and O–H groups in total.